The maximum Gasteiger partial charge on any atom is 0.243 e. The van der Waals surface area contributed by atoms with Crippen LogP contribution in [-0.2, 0) is 9.53 Å². The maximum atomic E-state index is 12.0. The van der Waals surface area contributed by atoms with Crippen molar-refractivity contribution < 1.29 is 9.53 Å². The Bertz CT molecular complexity index is 490. The monoisotopic (exact) mass is 493 g/mol. The third kappa shape index (κ3) is 6.74. The van der Waals surface area contributed by atoms with Crippen LogP contribution in [0.25, 0.3) is 0 Å². The average molecular weight is 493 g/mol. The Morgan fingerprint density at radius 3 is 2.48 bits per heavy atom. The van der Waals surface area contributed by atoms with Gasteiger partial charge in [0.05, 0.1) is 13.2 Å². The van der Waals surface area contributed by atoms with Gasteiger partial charge in [0, 0.05) is 52.4 Å². The number of halogens is 1. The van der Waals surface area contributed by atoms with Gasteiger partial charge >= 0.3 is 0 Å². The lowest BCUT2D eigenvalue weighted by Crippen LogP contribution is -2.49. The fourth-order valence-electron chi connectivity index (χ4n) is 4.13. The van der Waals surface area contributed by atoms with Crippen LogP contribution in [0.3, 0.4) is 0 Å². The van der Waals surface area contributed by atoms with Gasteiger partial charge in [0.25, 0.3) is 0 Å². The molecule has 3 fully saturated rings. The summed E-state index contributed by atoms with van der Waals surface area (Å²) in [5, 5.41) is 3.68. The fourth-order valence-corrected chi connectivity index (χ4v) is 4.13. The number of rotatable bonds is 4. The Kier molecular flexibility index (Phi) is 9.58. The molecule has 27 heavy (non-hydrogen) atoms. The Hall–Kier alpha value is -0.610. The molecule has 2 heterocycles. The van der Waals surface area contributed by atoms with Gasteiger partial charge in [0.1, 0.15) is 6.54 Å². The lowest BCUT2D eigenvalue weighted by Gasteiger charge is -2.33. The molecule has 0 aromatic carbocycles. The summed E-state index contributed by atoms with van der Waals surface area (Å²) >= 11 is 0. The molecule has 2 aliphatic heterocycles. The van der Waals surface area contributed by atoms with Crippen LogP contribution in [0.2, 0.25) is 0 Å². The predicted octanol–water partition coefficient (Wildman–Crippen LogP) is 1.38. The van der Waals surface area contributed by atoms with Gasteiger partial charge < -0.3 is 19.9 Å². The number of hydrogen-bond donors (Lipinski definition) is 1. The molecule has 0 aromatic heterocycles. The molecular weight excluding hydrogens is 457 g/mol. The molecule has 1 amide bonds. The van der Waals surface area contributed by atoms with E-state index in [1.54, 1.807) is 19.0 Å². The summed E-state index contributed by atoms with van der Waals surface area (Å²) < 4.78 is 5.49. The summed E-state index contributed by atoms with van der Waals surface area (Å²) in [5.41, 5.74) is 0. The summed E-state index contributed by atoms with van der Waals surface area (Å²) in [5.74, 6) is 0.986. The van der Waals surface area contributed by atoms with Crippen molar-refractivity contribution in [1.82, 2.24) is 20.0 Å². The van der Waals surface area contributed by atoms with Crippen molar-refractivity contribution in [3.63, 3.8) is 0 Å². The SMILES string of the molecule is CN(C)C(=O)CN=C(NC1CCCCC1)N1CCC(N2CCOCC2)C1.I. The number of carbonyl (C=O) groups excluding carboxylic acids is 1. The highest BCUT2D eigenvalue weighted by Gasteiger charge is 2.31. The van der Waals surface area contributed by atoms with E-state index < -0.39 is 0 Å². The molecule has 2 saturated heterocycles. The van der Waals surface area contributed by atoms with Crippen molar-refractivity contribution in [3.05, 3.63) is 0 Å². The second kappa shape index (κ2) is 11.4. The van der Waals surface area contributed by atoms with Gasteiger partial charge in [-0.05, 0) is 19.3 Å². The van der Waals surface area contributed by atoms with Crippen LogP contribution in [0.15, 0.2) is 4.99 Å². The molecular formula is C19H36IN5O2. The minimum Gasteiger partial charge on any atom is -0.379 e. The van der Waals surface area contributed by atoms with Gasteiger partial charge in [-0.2, -0.15) is 0 Å². The number of hydrogen-bond acceptors (Lipinski definition) is 4. The maximum absolute atomic E-state index is 12.0. The molecule has 8 heteroatoms. The summed E-state index contributed by atoms with van der Waals surface area (Å²) in [4.78, 5) is 23.2. The van der Waals surface area contributed by atoms with Crippen LogP contribution < -0.4 is 5.32 Å². The number of aliphatic imine (C=N–C) groups is 1. The zero-order valence-electron chi connectivity index (χ0n) is 16.9. The first-order chi connectivity index (χ1) is 12.6. The third-order valence-corrected chi connectivity index (χ3v) is 5.83. The highest BCUT2D eigenvalue weighted by molar-refractivity contribution is 14.0. The summed E-state index contributed by atoms with van der Waals surface area (Å²) in [7, 11) is 3.58. The van der Waals surface area contributed by atoms with E-state index in [1.807, 2.05) is 0 Å². The second-order valence-electron chi connectivity index (χ2n) is 7.94. The number of guanidine groups is 1. The molecule has 1 aliphatic carbocycles. The van der Waals surface area contributed by atoms with Crippen molar-refractivity contribution in [2.24, 2.45) is 4.99 Å². The Morgan fingerprint density at radius 1 is 1.11 bits per heavy atom. The molecule has 1 unspecified atom stereocenters. The Morgan fingerprint density at radius 2 is 1.81 bits per heavy atom. The van der Waals surface area contributed by atoms with Gasteiger partial charge in [0.2, 0.25) is 5.91 Å². The predicted molar refractivity (Wildman–Crippen MR) is 119 cm³/mol. The lowest BCUT2D eigenvalue weighted by molar-refractivity contribution is -0.127. The normalized spacial score (nSPS) is 25.2. The standard InChI is InChI=1S/C19H35N5O2.HI/c1-22(2)18(25)14-20-19(21-16-6-4-3-5-7-16)24-9-8-17(15-24)23-10-12-26-13-11-23;/h16-17H,3-15H2,1-2H3,(H,20,21);1H. The molecule has 3 aliphatic rings. The first-order valence-corrected chi connectivity index (χ1v) is 10.2. The van der Waals surface area contributed by atoms with E-state index in [0.29, 0.717) is 12.1 Å². The minimum absolute atomic E-state index is 0. The highest BCUT2D eigenvalue weighted by atomic mass is 127. The second-order valence-corrected chi connectivity index (χ2v) is 7.94. The number of carbonyl (C=O) groups is 1. The number of likely N-dealkylation sites (N-methyl/N-ethyl adjacent to an activating group) is 1. The van der Waals surface area contributed by atoms with E-state index in [2.05, 4.69) is 15.1 Å². The van der Waals surface area contributed by atoms with E-state index in [4.69, 9.17) is 9.73 Å². The van der Waals surface area contributed by atoms with Crippen molar-refractivity contribution in [2.45, 2.75) is 50.6 Å². The molecule has 0 aromatic rings. The summed E-state index contributed by atoms with van der Waals surface area (Å²) in [6, 6.07) is 1.07. The van der Waals surface area contributed by atoms with Crippen molar-refractivity contribution >= 4 is 35.8 Å². The molecule has 1 N–H and O–H groups in total. The highest BCUT2D eigenvalue weighted by Crippen LogP contribution is 2.20. The van der Waals surface area contributed by atoms with Gasteiger partial charge in [0.15, 0.2) is 5.96 Å². The number of amides is 1. The molecule has 1 atom stereocenters. The van der Waals surface area contributed by atoms with Crippen LogP contribution in [0.4, 0.5) is 0 Å². The van der Waals surface area contributed by atoms with Crippen LogP contribution in [-0.4, -0.2) is 98.7 Å². The van der Waals surface area contributed by atoms with E-state index in [9.17, 15) is 4.79 Å². The lowest BCUT2D eigenvalue weighted by atomic mass is 9.96. The number of ether oxygens (including phenoxy) is 1. The molecule has 1 saturated carbocycles. The minimum atomic E-state index is 0. The first kappa shape index (κ1) is 22.7. The largest absolute Gasteiger partial charge is 0.379 e. The fraction of sp³-hybridized carbons (Fsp3) is 0.895. The first-order valence-electron chi connectivity index (χ1n) is 10.2. The van der Waals surface area contributed by atoms with Crippen molar-refractivity contribution in [3.8, 4) is 0 Å². The van der Waals surface area contributed by atoms with Gasteiger partial charge in [-0.15, -0.1) is 24.0 Å². The zero-order chi connectivity index (χ0) is 18.4. The Labute approximate surface area is 180 Å². The zero-order valence-corrected chi connectivity index (χ0v) is 19.2. The molecule has 3 rings (SSSR count). The smallest absolute Gasteiger partial charge is 0.243 e. The van der Waals surface area contributed by atoms with Crippen LogP contribution in [0.1, 0.15) is 38.5 Å². The van der Waals surface area contributed by atoms with Crippen LogP contribution in [0, 0.1) is 0 Å². The number of nitrogens with one attached hydrogen (secondary N) is 1. The van der Waals surface area contributed by atoms with Gasteiger partial charge in [-0.25, -0.2) is 4.99 Å². The van der Waals surface area contributed by atoms with Gasteiger partial charge in [-0.3, -0.25) is 9.69 Å². The van der Waals surface area contributed by atoms with Gasteiger partial charge in [-0.1, -0.05) is 19.3 Å². The average Bonchev–Trinajstić information content (AvgIpc) is 3.16. The van der Waals surface area contributed by atoms with Crippen LogP contribution in [0.5, 0.6) is 0 Å². The van der Waals surface area contributed by atoms with E-state index >= 15 is 0 Å². The molecule has 0 spiro atoms. The summed E-state index contributed by atoms with van der Waals surface area (Å²) in [6.45, 7) is 5.97. The van der Waals surface area contributed by atoms with E-state index in [-0.39, 0.29) is 36.4 Å². The quantitative estimate of drug-likeness (QED) is 0.365. The number of nitrogens with zero attached hydrogens (tertiary/aromatic N) is 4. The van der Waals surface area contributed by atoms with Crippen molar-refractivity contribution in [1.29, 1.82) is 0 Å². The molecule has 156 valence electrons. The van der Waals surface area contributed by atoms with E-state index in [1.165, 1.54) is 32.1 Å². The van der Waals surface area contributed by atoms with E-state index in [0.717, 1.165) is 51.8 Å². The molecule has 7 nitrogen and oxygen atoms in total. The topological polar surface area (TPSA) is 60.4 Å². The molecule has 0 bridgehead atoms. The third-order valence-electron chi connectivity index (χ3n) is 5.83. The van der Waals surface area contributed by atoms with Crippen LogP contribution >= 0.6 is 24.0 Å². The number of morpholine rings is 1. The van der Waals surface area contributed by atoms with Crippen molar-refractivity contribution in [2.75, 3.05) is 60.0 Å². The number of likely N-dealkylation sites (tertiary alicyclic amines) is 1. The molecule has 0 radical (unpaired) electrons. The summed E-state index contributed by atoms with van der Waals surface area (Å²) in [6.07, 6.45) is 7.50. The Balaban J connectivity index is 0.00000261.